The molecule has 91 valence electrons. The predicted octanol–water partition coefficient (Wildman–Crippen LogP) is 2.39. The van der Waals surface area contributed by atoms with E-state index < -0.39 is 24.2 Å². The van der Waals surface area contributed by atoms with Gasteiger partial charge in [0, 0.05) is 22.6 Å². The van der Waals surface area contributed by atoms with Crippen LogP contribution in [0.15, 0.2) is 30.3 Å². The van der Waals surface area contributed by atoms with E-state index in [9.17, 15) is 22.8 Å². The monoisotopic (exact) mass is 279 g/mol. The molecule has 0 aliphatic rings. The number of hydrogen-bond acceptors (Lipinski definition) is 2. The summed E-state index contributed by atoms with van der Waals surface area (Å²) >= 11 is 0. The second kappa shape index (κ2) is 5.82. The quantitative estimate of drug-likeness (QED) is 0.484. The fourth-order valence-electron chi connectivity index (χ4n) is 0.972. The van der Waals surface area contributed by atoms with E-state index in [1.807, 2.05) is 0 Å². The molecule has 0 saturated carbocycles. The molecule has 1 aromatic rings. The Morgan fingerprint density at radius 3 is 2.00 bits per heavy atom. The molecule has 0 N–H and O–H groups in total. The van der Waals surface area contributed by atoms with Crippen LogP contribution in [0.1, 0.15) is 16.8 Å². The second-order valence-electron chi connectivity index (χ2n) is 2.89. The summed E-state index contributed by atoms with van der Waals surface area (Å²) in [5.74, 6) is -2.84. The molecule has 2 nitrogen and oxygen atoms in total. The van der Waals surface area contributed by atoms with Crippen LogP contribution in [0, 0.1) is 0 Å². The second-order valence-corrected chi connectivity index (χ2v) is 2.89. The van der Waals surface area contributed by atoms with Crippen LogP contribution in [0.25, 0.3) is 0 Å². The molecular weight excluding hydrogens is 273 g/mol. The third-order valence-electron chi connectivity index (χ3n) is 1.73. The van der Waals surface area contributed by atoms with Crippen molar-refractivity contribution in [2.75, 3.05) is 0 Å². The molecule has 1 rings (SSSR count). The van der Waals surface area contributed by atoms with Gasteiger partial charge in [-0.05, 0) is 0 Å². The molecule has 6 heteroatoms. The summed E-state index contributed by atoms with van der Waals surface area (Å²) < 4.78 is 35.5. The fourth-order valence-corrected chi connectivity index (χ4v) is 0.972. The minimum absolute atomic E-state index is 0. The van der Waals surface area contributed by atoms with Gasteiger partial charge >= 0.3 is 6.18 Å². The Morgan fingerprint density at radius 2 is 1.56 bits per heavy atom. The number of benzene rings is 1. The van der Waals surface area contributed by atoms with Gasteiger partial charge in [-0.1, -0.05) is 30.3 Å². The Balaban J connectivity index is 0.00000225. The van der Waals surface area contributed by atoms with Gasteiger partial charge in [0.1, 0.15) is 0 Å². The van der Waals surface area contributed by atoms with Gasteiger partial charge in [0.05, 0.1) is 6.42 Å². The molecule has 0 saturated heterocycles. The van der Waals surface area contributed by atoms with Gasteiger partial charge in [-0.25, -0.2) is 0 Å². The first kappa shape index (κ1) is 14.9. The van der Waals surface area contributed by atoms with Crippen LogP contribution in [0.4, 0.5) is 13.2 Å². The zero-order chi connectivity index (χ0) is 11.5. The summed E-state index contributed by atoms with van der Waals surface area (Å²) in [5, 5.41) is 0. The number of carbonyl (C=O) groups is 2. The topological polar surface area (TPSA) is 34.1 Å². The number of alkyl halides is 3. The number of Topliss-reactive ketones (excluding diaryl/α,β-unsaturated/α-hetero) is 2. The van der Waals surface area contributed by atoms with E-state index in [0.717, 1.165) is 0 Å². The molecule has 0 fully saturated rings. The number of halogens is 3. The zero-order valence-electron chi connectivity index (χ0n) is 7.85. The summed E-state index contributed by atoms with van der Waals surface area (Å²) in [4.78, 5) is 21.7. The van der Waals surface area contributed by atoms with Crippen molar-refractivity contribution in [1.82, 2.24) is 0 Å². The van der Waals surface area contributed by atoms with Gasteiger partial charge in [-0.2, -0.15) is 13.2 Å². The van der Waals surface area contributed by atoms with Gasteiger partial charge < -0.3 is 0 Å². The molecule has 0 aliphatic heterocycles. The van der Waals surface area contributed by atoms with Crippen LogP contribution in [-0.4, -0.2) is 17.7 Å². The van der Waals surface area contributed by atoms with Crippen molar-refractivity contribution in [1.29, 1.82) is 0 Å². The van der Waals surface area contributed by atoms with E-state index in [-0.39, 0.29) is 22.6 Å². The van der Waals surface area contributed by atoms with E-state index in [2.05, 4.69) is 0 Å². The number of carbonyl (C=O) groups excluding carboxylic acids is 2. The molecule has 0 unspecified atom stereocenters. The fraction of sp³-hybridized carbons (Fsp3) is 0.200. The van der Waals surface area contributed by atoms with Crippen molar-refractivity contribution in [2.24, 2.45) is 0 Å². The van der Waals surface area contributed by atoms with Gasteiger partial charge in [-0.3, -0.25) is 9.59 Å². The van der Waals surface area contributed by atoms with E-state index in [0.29, 0.717) is 0 Å². The standard InChI is InChI=1S/C10H7F3O2.Cu/c11-10(12,13)9(15)6-8(14)7-4-2-1-3-5-7;/h1-5H,6H2;. The van der Waals surface area contributed by atoms with Crippen molar-refractivity contribution in [3.05, 3.63) is 35.9 Å². The minimum Gasteiger partial charge on any atom is -0.294 e. The van der Waals surface area contributed by atoms with Gasteiger partial charge in [0.2, 0.25) is 5.78 Å². The van der Waals surface area contributed by atoms with Crippen molar-refractivity contribution in [2.45, 2.75) is 12.6 Å². The minimum atomic E-state index is -4.94. The normalized spacial score (nSPS) is 10.4. The van der Waals surface area contributed by atoms with E-state index in [4.69, 9.17) is 0 Å². The maximum absolute atomic E-state index is 11.8. The van der Waals surface area contributed by atoms with Crippen LogP contribution in [0.3, 0.4) is 0 Å². The van der Waals surface area contributed by atoms with E-state index >= 15 is 0 Å². The Hall–Kier alpha value is -1.13. The number of ketones is 2. The van der Waals surface area contributed by atoms with Gasteiger partial charge in [0.15, 0.2) is 5.78 Å². The molecule has 1 aromatic carbocycles. The molecule has 0 amide bonds. The molecular formula is C10H7CuF3O2. The third kappa shape index (κ3) is 4.16. The first-order valence-electron chi connectivity index (χ1n) is 4.09. The Kier molecular flexibility index (Phi) is 5.41. The number of rotatable bonds is 3. The number of hydrogen-bond donors (Lipinski definition) is 0. The largest absolute Gasteiger partial charge is 0.450 e. The first-order valence-corrected chi connectivity index (χ1v) is 4.09. The maximum Gasteiger partial charge on any atom is 0.450 e. The molecule has 0 aromatic heterocycles. The van der Waals surface area contributed by atoms with E-state index in [1.54, 1.807) is 6.07 Å². The molecule has 0 heterocycles. The summed E-state index contributed by atoms with van der Waals surface area (Å²) in [5.41, 5.74) is 0.107. The summed E-state index contributed by atoms with van der Waals surface area (Å²) in [6.07, 6.45) is -6.07. The summed E-state index contributed by atoms with van der Waals surface area (Å²) in [7, 11) is 0. The third-order valence-corrected chi connectivity index (χ3v) is 1.73. The predicted molar refractivity (Wildman–Crippen MR) is 46.5 cm³/mol. The van der Waals surface area contributed by atoms with Crippen molar-refractivity contribution >= 4 is 11.6 Å². The Bertz CT molecular complexity index is 373. The molecule has 16 heavy (non-hydrogen) atoms. The smallest absolute Gasteiger partial charge is 0.294 e. The maximum atomic E-state index is 11.8. The summed E-state index contributed by atoms with van der Waals surface area (Å²) in [6.45, 7) is 0. The van der Waals surface area contributed by atoms with Crippen molar-refractivity contribution < 1.29 is 39.8 Å². The van der Waals surface area contributed by atoms with Gasteiger partial charge in [0.25, 0.3) is 0 Å². The average molecular weight is 280 g/mol. The average Bonchev–Trinajstić information content (AvgIpc) is 2.17. The Morgan fingerprint density at radius 1 is 1.06 bits per heavy atom. The zero-order valence-corrected chi connectivity index (χ0v) is 8.79. The molecule has 0 spiro atoms. The van der Waals surface area contributed by atoms with Crippen LogP contribution in [0.5, 0.6) is 0 Å². The van der Waals surface area contributed by atoms with Crippen LogP contribution in [-0.2, 0) is 21.9 Å². The molecule has 0 aliphatic carbocycles. The molecule has 1 radical (unpaired) electrons. The van der Waals surface area contributed by atoms with E-state index in [1.165, 1.54) is 24.3 Å². The van der Waals surface area contributed by atoms with Crippen LogP contribution < -0.4 is 0 Å². The Labute approximate surface area is 100 Å². The van der Waals surface area contributed by atoms with Crippen molar-refractivity contribution in [3.8, 4) is 0 Å². The molecule has 0 atom stereocenters. The first-order chi connectivity index (χ1) is 6.91. The molecule has 0 bridgehead atoms. The van der Waals surface area contributed by atoms with Crippen molar-refractivity contribution in [3.63, 3.8) is 0 Å². The van der Waals surface area contributed by atoms with Crippen LogP contribution >= 0.6 is 0 Å². The summed E-state index contributed by atoms with van der Waals surface area (Å²) in [6, 6.07) is 7.40. The van der Waals surface area contributed by atoms with Crippen LogP contribution in [0.2, 0.25) is 0 Å². The SMILES string of the molecule is O=C(CC(=O)C(F)(F)F)c1ccccc1.[Cu]. The van der Waals surface area contributed by atoms with Gasteiger partial charge in [-0.15, -0.1) is 0 Å².